The maximum absolute atomic E-state index is 12.2. The molecule has 0 radical (unpaired) electrons. The van der Waals surface area contributed by atoms with Crippen molar-refractivity contribution in [2.45, 2.75) is 50.8 Å². The van der Waals surface area contributed by atoms with Gasteiger partial charge in [-0.05, 0) is 39.2 Å². The smallest absolute Gasteiger partial charge is 0.291 e. The second-order valence-electron chi connectivity index (χ2n) is 5.86. The molecule has 0 saturated carbocycles. The van der Waals surface area contributed by atoms with Gasteiger partial charge in [0.2, 0.25) is 5.82 Å². The highest BCUT2D eigenvalue weighted by molar-refractivity contribution is 5.90. The number of carbonyl (C=O) groups is 1. The van der Waals surface area contributed by atoms with Crippen LogP contribution < -0.4 is 10.6 Å². The number of rotatable bonds is 4. The SMILES string of the molecule is CC(NC(=O)c1ncn(C2CCCNC2)n1)C1CCCO1.Cl. The zero-order valence-corrected chi connectivity index (χ0v) is 13.6. The predicted octanol–water partition coefficient (Wildman–Crippen LogP) is 0.922. The van der Waals surface area contributed by atoms with E-state index in [1.165, 1.54) is 0 Å². The summed E-state index contributed by atoms with van der Waals surface area (Å²) in [5, 5.41) is 10.6. The second kappa shape index (κ2) is 7.89. The van der Waals surface area contributed by atoms with E-state index in [9.17, 15) is 4.79 Å². The van der Waals surface area contributed by atoms with E-state index in [-0.39, 0.29) is 36.3 Å². The highest BCUT2D eigenvalue weighted by atomic mass is 35.5. The predicted molar refractivity (Wildman–Crippen MR) is 84.3 cm³/mol. The first-order valence-electron chi connectivity index (χ1n) is 7.78. The van der Waals surface area contributed by atoms with Gasteiger partial charge in [-0.25, -0.2) is 9.67 Å². The summed E-state index contributed by atoms with van der Waals surface area (Å²) in [6.45, 7) is 4.69. The lowest BCUT2D eigenvalue weighted by molar-refractivity contribution is 0.0706. The van der Waals surface area contributed by atoms with E-state index < -0.39 is 0 Å². The lowest BCUT2D eigenvalue weighted by Gasteiger charge is -2.22. The molecule has 1 aromatic heterocycles. The molecule has 0 spiro atoms. The second-order valence-corrected chi connectivity index (χ2v) is 5.86. The van der Waals surface area contributed by atoms with Gasteiger partial charge in [0.05, 0.1) is 18.2 Å². The molecule has 1 amide bonds. The van der Waals surface area contributed by atoms with Gasteiger partial charge in [-0.2, -0.15) is 0 Å². The molecule has 2 fully saturated rings. The Hall–Kier alpha value is -1.18. The molecule has 124 valence electrons. The van der Waals surface area contributed by atoms with E-state index in [2.05, 4.69) is 20.7 Å². The summed E-state index contributed by atoms with van der Waals surface area (Å²) in [4.78, 5) is 16.3. The van der Waals surface area contributed by atoms with E-state index in [1.54, 1.807) is 11.0 Å². The third-order valence-corrected chi connectivity index (χ3v) is 4.24. The van der Waals surface area contributed by atoms with E-state index in [1.807, 2.05) is 6.92 Å². The first-order valence-corrected chi connectivity index (χ1v) is 7.78. The molecule has 3 unspecified atom stereocenters. The monoisotopic (exact) mass is 329 g/mol. The van der Waals surface area contributed by atoms with E-state index in [4.69, 9.17) is 4.74 Å². The summed E-state index contributed by atoms with van der Waals surface area (Å²) in [5.74, 6) is 0.0194. The number of amides is 1. The summed E-state index contributed by atoms with van der Waals surface area (Å²) in [6, 6.07) is 0.284. The Morgan fingerprint density at radius 1 is 1.50 bits per heavy atom. The number of piperidine rings is 1. The Bertz CT molecular complexity index is 483. The van der Waals surface area contributed by atoms with Crippen molar-refractivity contribution in [1.29, 1.82) is 0 Å². The molecule has 8 heteroatoms. The largest absolute Gasteiger partial charge is 0.376 e. The van der Waals surface area contributed by atoms with Crippen LogP contribution in [-0.2, 0) is 4.74 Å². The fraction of sp³-hybridized carbons (Fsp3) is 0.786. The van der Waals surface area contributed by atoms with Crippen LogP contribution in [0.5, 0.6) is 0 Å². The number of ether oxygens (including phenoxy) is 1. The molecule has 2 aliphatic rings. The van der Waals surface area contributed by atoms with Crippen LogP contribution in [0.3, 0.4) is 0 Å². The van der Waals surface area contributed by atoms with Crippen molar-refractivity contribution in [3.63, 3.8) is 0 Å². The fourth-order valence-electron chi connectivity index (χ4n) is 2.98. The molecular formula is C14H24ClN5O2. The number of nitrogens with zero attached hydrogens (tertiary/aromatic N) is 3. The van der Waals surface area contributed by atoms with Gasteiger partial charge in [-0.3, -0.25) is 4.79 Å². The molecule has 2 N–H and O–H groups in total. The maximum Gasteiger partial charge on any atom is 0.291 e. The Balaban J connectivity index is 0.00000176. The number of carbonyl (C=O) groups excluding carboxylic acids is 1. The lowest BCUT2D eigenvalue weighted by atomic mass is 10.1. The van der Waals surface area contributed by atoms with Crippen LogP contribution in [0.1, 0.15) is 49.3 Å². The van der Waals surface area contributed by atoms with Crippen LogP contribution in [0.2, 0.25) is 0 Å². The highest BCUT2D eigenvalue weighted by Crippen LogP contribution is 2.16. The third-order valence-electron chi connectivity index (χ3n) is 4.24. The first kappa shape index (κ1) is 17.2. The van der Waals surface area contributed by atoms with Crippen LogP contribution >= 0.6 is 12.4 Å². The van der Waals surface area contributed by atoms with E-state index >= 15 is 0 Å². The topological polar surface area (TPSA) is 81.1 Å². The van der Waals surface area contributed by atoms with Gasteiger partial charge in [0.15, 0.2) is 0 Å². The van der Waals surface area contributed by atoms with Crippen LogP contribution in [0.4, 0.5) is 0 Å². The average molecular weight is 330 g/mol. The van der Waals surface area contributed by atoms with Gasteiger partial charge in [-0.15, -0.1) is 17.5 Å². The Morgan fingerprint density at radius 2 is 2.36 bits per heavy atom. The summed E-state index contributed by atoms with van der Waals surface area (Å²) in [7, 11) is 0. The maximum atomic E-state index is 12.2. The van der Waals surface area contributed by atoms with Crippen molar-refractivity contribution in [2.24, 2.45) is 0 Å². The minimum atomic E-state index is -0.222. The van der Waals surface area contributed by atoms with E-state index in [0.717, 1.165) is 45.4 Å². The Labute approximate surface area is 136 Å². The number of halogens is 1. The summed E-state index contributed by atoms with van der Waals surface area (Å²) in [6.07, 6.45) is 6.03. The third kappa shape index (κ3) is 3.97. The molecule has 7 nitrogen and oxygen atoms in total. The summed E-state index contributed by atoms with van der Waals surface area (Å²) < 4.78 is 7.39. The van der Waals surface area contributed by atoms with Crippen molar-refractivity contribution in [2.75, 3.05) is 19.7 Å². The molecule has 0 aromatic carbocycles. The molecule has 1 aromatic rings. The number of hydrogen-bond acceptors (Lipinski definition) is 5. The Kier molecular flexibility index (Phi) is 6.16. The van der Waals surface area contributed by atoms with Crippen LogP contribution in [0, 0.1) is 0 Å². The molecule has 2 saturated heterocycles. The molecule has 22 heavy (non-hydrogen) atoms. The van der Waals surface area contributed by atoms with Gasteiger partial charge in [0, 0.05) is 13.2 Å². The standard InChI is InChI=1S/C14H23N5O2.ClH/c1-10(12-5-3-7-21-12)17-14(20)13-16-9-19(18-13)11-4-2-6-15-8-11;/h9-12,15H,2-8H2,1H3,(H,17,20);1H. The van der Waals surface area contributed by atoms with Gasteiger partial charge in [-0.1, -0.05) is 0 Å². The zero-order valence-electron chi connectivity index (χ0n) is 12.8. The van der Waals surface area contributed by atoms with Crippen molar-refractivity contribution in [3.8, 4) is 0 Å². The van der Waals surface area contributed by atoms with Crippen LogP contribution in [0.15, 0.2) is 6.33 Å². The molecular weight excluding hydrogens is 306 g/mol. The normalized spacial score (nSPS) is 26.2. The van der Waals surface area contributed by atoms with Crippen LogP contribution in [-0.4, -0.2) is 52.5 Å². The van der Waals surface area contributed by atoms with Gasteiger partial charge >= 0.3 is 0 Å². The quantitative estimate of drug-likeness (QED) is 0.858. The van der Waals surface area contributed by atoms with Crippen molar-refractivity contribution >= 4 is 18.3 Å². The number of hydrogen-bond donors (Lipinski definition) is 2. The van der Waals surface area contributed by atoms with Crippen LogP contribution in [0.25, 0.3) is 0 Å². The number of aromatic nitrogens is 3. The van der Waals surface area contributed by atoms with E-state index in [0.29, 0.717) is 6.04 Å². The zero-order chi connectivity index (χ0) is 14.7. The summed E-state index contributed by atoms with van der Waals surface area (Å²) in [5.41, 5.74) is 0. The number of nitrogens with one attached hydrogen (secondary N) is 2. The first-order chi connectivity index (χ1) is 10.2. The van der Waals surface area contributed by atoms with Gasteiger partial charge in [0.1, 0.15) is 6.33 Å². The minimum Gasteiger partial charge on any atom is -0.376 e. The highest BCUT2D eigenvalue weighted by Gasteiger charge is 2.25. The molecule has 3 heterocycles. The molecule has 0 bridgehead atoms. The molecule has 0 aliphatic carbocycles. The minimum absolute atomic E-state index is 0. The fourth-order valence-corrected chi connectivity index (χ4v) is 2.98. The van der Waals surface area contributed by atoms with Crippen molar-refractivity contribution < 1.29 is 9.53 Å². The van der Waals surface area contributed by atoms with Gasteiger partial charge in [0.25, 0.3) is 5.91 Å². The Morgan fingerprint density at radius 3 is 3.05 bits per heavy atom. The summed E-state index contributed by atoms with van der Waals surface area (Å²) >= 11 is 0. The lowest BCUT2D eigenvalue weighted by Crippen LogP contribution is -2.41. The molecule has 2 aliphatic heterocycles. The molecule has 3 rings (SSSR count). The van der Waals surface area contributed by atoms with Gasteiger partial charge < -0.3 is 15.4 Å². The average Bonchev–Trinajstić information content (AvgIpc) is 3.20. The van der Waals surface area contributed by atoms with Crippen molar-refractivity contribution in [3.05, 3.63) is 12.2 Å². The molecule has 3 atom stereocenters. The van der Waals surface area contributed by atoms with Crippen molar-refractivity contribution in [1.82, 2.24) is 25.4 Å².